The molecule has 0 aliphatic carbocycles. The van der Waals surface area contributed by atoms with Crippen LogP contribution in [-0.4, -0.2) is 40.7 Å². The van der Waals surface area contributed by atoms with Crippen LogP contribution in [0.3, 0.4) is 0 Å². The number of aromatic nitrogens is 3. The summed E-state index contributed by atoms with van der Waals surface area (Å²) in [6.07, 6.45) is -2.80. The number of hydrogen-bond acceptors (Lipinski definition) is 5. The average Bonchev–Trinajstić information content (AvgIpc) is 2.76. The smallest absolute Gasteiger partial charge is 0.368 e. The van der Waals surface area contributed by atoms with Gasteiger partial charge in [0.2, 0.25) is 0 Å². The fourth-order valence-corrected chi connectivity index (χ4v) is 3.57. The van der Waals surface area contributed by atoms with Gasteiger partial charge in [-0.1, -0.05) is 12.1 Å². The number of nitrogens with zero attached hydrogens (tertiary/aromatic N) is 4. The molecule has 0 unspecified atom stereocenters. The van der Waals surface area contributed by atoms with E-state index >= 15 is 0 Å². The Morgan fingerprint density at radius 2 is 1.68 bits per heavy atom. The molecule has 4 rings (SSSR count). The van der Waals surface area contributed by atoms with Crippen LogP contribution < -0.4 is 21.0 Å². The standard InChI is InChI=1S/C21H20F3N5O2/c22-21(23,24)15-4-3-6-17(12-15)27-8-10-28(11-9-27)18-13-19(30)29(20(31)26-18)14-16-5-1-2-7-25-16/h1-7,12-13H,8-11,14H2,(H,26,31). The van der Waals surface area contributed by atoms with Crippen LogP contribution >= 0.6 is 0 Å². The number of pyridine rings is 1. The topological polar surface area (TPSA) is 74.2 Å². The van der Waals surface area contributed by atoms with Crippen LogP contribution in [0.5, 0.6) is 0 Å². The molecule has 10 heteroatoms. The first kappa shape index (κ1) is 20.7. The van der Waals surface area contributed by atoms with Gasteiger partial charge in [-0.2, -0.15) is 13.2 Å². The zero-order valence-electron chi connectivity index (χ0n) is 16.5. The Hall–Kier alpha value is -3.56. The van der Waals surface area contributed by atoms with E-state index in [1.54, 1.807) is 30.5 Å². The van der Waals surface area contributed by atoms with Crippen molar-refractivity contribution >= 4 is 11.5 Å². The Labute approximate surface area is 175 Å². The van der Waals surface area contributed by atoms with Crippen LogP contribution in [0, 0.1) is 0 Å². The van der Waals surface area contributed by atoms with E-state index in [2.05, 4.69) is 9.97 Å². The van der Waals surface area contributed by atoms with E-state index in [1.165, 1.54) is 12.1 Å². The molecule has 31 heavy (non-hydrogen) atoms. The van der Waals surface area contributed by atoms with Gasteiger partial charge in [0.15, 0.2) is 0 Å². The SMILES string of the molecule is O=c1cc(N2CCN(c3cccc(C(F)(F)F)c3)CC2)[nH]c(=O)n1Cc1ccccn1. The van der Waals surface area contributed by atoms with Crippen LogP contribution in [0.25, 0.3) is 0 Å². The molecule has 1 N–H and O–H groups in total. The molecule has 1 saturated heterocycles. The molecule has 3 aromatic rings. The van der Waals surface area contributed by atoms with Gasteiger partial charge >= 0.3 is 11.9 Å². The lowest BCUT2D eigenvalue weighted by molar-refractivity contribution is -0.137. The molecule has 1 aliphatic rings. The van der Waals surface area contributed by atoms with Gasteiger partial charge < -0.3 is 9.80 Å². The van der Waals surface area contributed by atoms with Gasteiger partial charge in [-0.05, 0) is 30.3 Å². The van der Waals surface area contributed by atoms with Gasteiger partial charge in [-0.25, -0.2) is 4.79 Å². The number of piperazine rings is 1. The monoisotopic (exact) mass is 431 g/mol. The lowest BCUT2D eigenvalue weighted by Crippen LogP contribution is -2.48. The fourth-order valence-electron chi connectivity index (χ4n) is 3.57. The van der Waals surface area contributed by atoms with Crippen molar-refractivity contribution in [2.24, 2.45) is 0 Å². The lowest BCUT2D eigenvalue weighted by Gasteiger charge is -2.37. The van der Waals surface area contributed by atoms with Crippen LogP contribution in [0.4, 0.5) is 24.7 Å². The minimum atomic E-state index is -4.39. The second kappa shape index (κ2) is 8.29. The van der Waals surface area contributed by atoms with E-state index in [9.17, 15) is 22.8 Å². The van der Waals surface area contributed by atoms with E-state index < -0.39 is 23.0 Å². The van der Waals surface area contributed by atoms with E-state index in [-0.39, 0.29) is 6.54 Å². The quantitative estimate of drug-likeness (QED) is 0.687. The average molecular weight is 431 g/mol. The summed E-state index contributed by atoms with van der Waals surface area (Å²) in [6, 6.07) is 11.8. The van der Waals surface area contributed by atoms with Gasteiger partial charge in [0, 0.05) is 44.1 Å². The lowest BCUT2D eigenvalue weighted by atomic mass is 10.1. The number of H-pyrrole nitrogens is 1. The number of benzene rings is 1. The van der Waals surface area contributed by atoms with Crippen molar-refractivity contribution in [2.45, 2.75) is 12.7 Å². The minimum absolute atomic E-state index is 0.0681. The van der Waals surface area contributed by atoms with Gasteiger partial charge in [0.1, 0.15) is 5.82 Å². The molecule has 162 valence electrons. The van der Waals surface area contributed by atoms with Crippen molar-refractivity contribution in [1.82, 2.24) is 14.5 Å². The predicted octanol–water partition coefficient (Wildman–Crippen LogP) is 2.33. The number of halogens is 3. The summed E-state index contributed by atoms with van der Waals surface area (Å²) >= 11 is 0. The maximum Gasteiger partial charge on any atom is 0.416 e. The highest BCUT2D eigenvalue weighted by Gasteiger charge is 2.31. The summed E-state index contributed by atoms with van der Waals surface area (Å²) in [7, 11) is 0. The summed E-state index contributed by atoms with van der Waals surface area (Å²) in [6.45, 7) is 1.89. The fraction of sp³-hybridized carbons (Fsp3) is 0.286. The molecule has 3 heterocycles. The maximum absolute atomic E-state index is 13.0. The molecule has 1 fully saturated rings. The molecule has 0 spiro atoms. The third-order valence-corrected chi connectivity index (χ3v) is 5.21. The summed E-state index contributed by atoms with van der Waals surface area (Å²) < 4.78 is 40.0. The first-order valence-electron chi connectivity index (χ1n) is 9.72. The molecular weight excluding hydrogens is 411 g/mol. The second-order valence-electron chi connectivity index (χ2n) is 7.23. The number of nitrogens with one attached hydrogen (secondary N) is 1. The molecule has 0 radical (unpaired) electrons. The van der Waals surface area contributed by atoms with Crippen molar-refractivity contribution in [1.29, 1.82) is 0 Å². The normalized spacial score (nSPS) is 14.7. The van der Waals surface area contributed by atoms with E-state index in [0.29, 0.717) is 43.4 Å². The highest BCUT2D eigenvalue weighted by Crippen LogP contribution is 2.32. The molecule has 0 saturated carbocycles. The van der Waals surface area contributed by atoms with Crippen LogP contribution in [0.1, 0.15) is 11.3 Å². The van der Waals surface area contributed by atoms with Crippen molar-refractivity contribution in [2.75, 3.05) is 36.0 Å². The number of rotatable bonds is 4. The number of alkyl halides is 3. The van der Waals surface area contributed by atoms with Crippen molar-refractivity contribution in [3.05, 3.63) is 86.8 Å². The zero-order valence-corrected chi connectivity index (χ0v) is 16.5. The molecule has 0 bridgehead atoms. The number of aromatic amines is 1. The maximum atomic E-state index is 13.0. The van der Waals surface area contributed by atoms with Gasteiger partial charge in [0.25, 0.3) is 5.56 Å². The van der Waals surface area contributed by atoms with Crippen molar-refractivity contribution in [3.8, 4) is 0 Å². The van der Waals surface area contributed by atoms with Gasteiger partial charge in [-0.15, -0.1) is 0 Å². The number of anilines is 2. The predicted molar refractivity (Wildman–Crippen MR) is 111 cm³/mol. The number of hydrogen-bond donors (Lipinski definition) is 1. The summed E-state index contributed by atoms with van der Waals surface area (Å²) in [5.74, 6) is 0.399. The highest BCUT2D eigenvalue weighted by atomic mass is 19.4. The Balaban J connectivity index is 1.47. The van der Waals surface area contributed by atoms with Gasteiger partial charge in [0.05, 0.1) is 17.8 Å². The third kappa shape index (κ3) is 4.62. The van der Waals surface area contributed by atoms with Crippen molar-refractivity contribution < 1.29 is 13.2 Å². The van der Waals surface area contributed by atoms with E-state index in [0.717, 1.165) is 16.7 Å². The minimum Gasteiger partial charge on any atom is -0.368 e. The summed E-state index contributed by atoms with van der Waals surface area (Å²) in [4.78, 5) is 35.5. The Kier molecular flexibility index (Phi) is 5.53. The molecule has 1 aliphatic heterocycles. The molecule has 0 atom stereocenters. The first-order valence-corrected chi connectivity index (χ1v) is 9.72. The first-order chi connectivity index (χ1) is 14.8. The Morgan fingerprint density at radius 1 is 0.935 bits per heavy atom. The summed E-state index contributed by atoms with van der Waals surface area (Å²) in [5, 5.41) is 0. The Bertz CT molecular complexity index is 1130. The van der Waals surface area contributed by atoms with Gasteiger partial charge in [-0.3, -0.25) is 19.3 Å². The molecule has 7 nitrogen and oxygen atoms in total. The van der Waals surface area contributed by atoms with Crippen LogP contribution in [0.2, 0.25) is 0 Å². The Morgan fingerprint density at radius 3 is 2.32 bits per heavy atom. The van der Waals surface area contributed by atoms with E-state index in [1.807, 2.05) is 9.80 Å². The zero-order chi connectivity index (χ0) is 22.0. The summed E-state index contributed by atoms with van der Waals surface area (Å²) in [5.41, 5.74) is -0.572. The van der Waals surface area contributed by atoms with Crippen LogP contribution in [0.15, 0.2) is 64.3 Å². The third-order valence-electron chi connectivity index (χ3n) is 5.21. The van der Waals surface area contributed by atoms with Crippen LogP contribution in [-0.2, 0) is 12.7 Å². The molecule has 1 aromatic carbocycles. The largest absolute Gasteiger partial charge is 0.416 e. The highest BCUT2D eigenvalue weighted by molar-refractivity contribution is 5.51. The molecular formula is C21H20F3N5O2. The molecule has 2 aromatic heterocycles. The van der Waals surface area contributed by atoms with E-state index in [4.69, 9.17) is 0 Å². The van der Waals surface area contributed by atoms with Crippen molar-refractivity contribution in [3.63, 3.8) is 0 Å². The molecule has 0 amide bonds. The second-order valence-corrected chi connectivity index (χ2v) is 7.23.